The maximum Gasteiger partial charge on any atom is 0.263 e. The molecule has 0 spiro atoms. The van der Waals surface area contributed by atoms with Crippen molar-refractivity contribution in [1.82, 2.24) is 24.5 Å². The molecule has 0 aliphatic rings. The SMILES string of the molecule is O=C(CCc1nnc2n(Cc3ccc(Cl)cc3)c(=O)c3ccccc3n12)NCc1ccc(F)cc1. The molecule has 0 fully saturated rings. The fourth-order valence-electron chi connectivity index (χ4n) is 4.01. The van der Waals surface area contributed by atoms with E-state index in [1.54, 1.807) is 34.9 Å². The van der Waals surface area contributed by atoms with Crippen LogP contribution in [0.3, 0.4) is 0 Å². The Balaban J connectivity index is 1.42. The summed E-state index contributed by atoms with van der Waals surface area (Å²) in [7, 11) is 0. The number of aryl methyl sites for hydroxylation is 1. The van der Waals surface area contributed by atoms with E-state index in [4.69, 9.17) is 11.6 Å². The predicted octanol–water partition coefficient (Wildman–Crippen LogP) is 4.13. The third-order valence-electron chi connectivity index (χ3n) is 5.81. The summed E-state index contributed by atoms with van der Waals surface area (Å²) in [6.07, 6.45) is 0.520. The normalized spacial score (nSPS) is 11.3. The summed E-state index contributed by atoms with van der Waals surface area (Å²) >= 11 is 6.00. The standard InChI is InChI=1S/C26H21ClFN5O2/c27-19-9-5-18(6-10-19)16-32-25(35)21-3-1-2-4-22(21)33-23(30-31-26(32)33)13-14-24(34)29-15-17-7-11-20(28)12-8-17/h1-12H,13-16H2,(H,29,34). The van der Waals surface area contributed by atoms with Crippen LogP contribution in [0.1, 0.15) is 23.4 Å². The van der Waals surface area contributed by atoms with Crippen LogP contribution >= 0.6 is 11.6 Å². The molecule has 0 unspecified atom stereocenters. The molecule has 2 aromatic heterocycles. The molecule has 0 atom stereocenters. The highest BCUT2D eigenvalue weighted by molar-refractivity contribution is 6.30. The van der Waals surface area contributed by atoms with E-state index >= 15 is 0 Å². The van der Waals surface area contributed by atoms with Crippen molar-refractivity contribution in [2.24, 2.45) is 0 Å². The van der Waals surface area contributed by atoms with Crippen LogP contribution in [-0.4, -0.2) is 25.1 Å². The number of halogens is 2. The summed E-state index contributed by atoms with van der Waals surface area (Å²) in [5, 5.41) is 12.6. The number of carbonyl (C=O) groups is 1. The number of hydrogen-bond acceptors (Lipinski definition) is 4. The second-order valence-electron chi connectivity index (χ2n) is 8.19. The van der Waals surface area contributed by atoms with Crippen molar-refractivity contribution in [3.05, 3.63) is 111 Å². The van der Waals surface area contributed by atoms with Crippen molar-refractivity contribution < 1.29 is 9.18 Å². The van der Waals surface area contributed by atoms with E-state index in [0.717, 1.165) is 11.1 Å². The predicted molar refractivity (Wildman–Crippen MR) is 132 cm³/mol. The Kier molecular flexibility index (Phi) is 6.29. The Bertz CT molecular complexity index is 1580. The van der Waals surface area contributed by atoms with Crippen molar-refractivity contribution in [2.75, 3.05) is 0 Å². The molecular formula is C26H21ClFN5O2. The maximum atomic E-state index is 13.3. The molecule has 176 valence electrons. The molecule has 1 N–H and O–H groups in total. The number of fused-ring (bicyclic) bond motifs is 3. The lowest BCUT2D eigenvalue weighted by Gasteiger charge is -2.12. The van der Waals surface area contributed by atoms with Gasteiger partial charge in [0.15, 0.2) is 0 Å². The van der Waals surface area contributed by atoms with Gasteiger partial charge in [0.25, 0.3) is 5.56 Å². The molecule has 3 aromatic carbocycles. The first-order valence-electron chi connectivity index (χ1n) is 11.1. The van der Waals surface area contributed by atoms with Gasteiger partial charge in [0, 0.05) is 24.4 Å². The quantitative estimate of drug-likeness (QED) is 0.372. The van der Waals surface area contributed by atoms with Crippen LogP contribution in [0, 0.1) is 5.82 Å². The molecule has 5 aromatic rings. The smallest absolute Gasteiger partial charge is 0.263 e. The van der Waals surface area contributed by atoms with E-state index in [2.05, 4.69) is 15.5 Å². The first-order chi connectivity index (χ1) is 17.0. The average Bonchev–Trinajstić information content (AvgIpc) is 3.30. The summed E-state index contributed by atoms with van der Waals surface area (Å²) in [5.74, 6) is 0.508. The largest absolute Gasteiger partial charge is 0.352 e. The first-order valence-corrected chi connectivity index (χ1v) is 11.5. The minimum Gasteiger partial charge on any atom is -0.352 e. The number of nitrogens with one attached hydrogen (secondary N) is 1. The lowest BCUT2D eigenvalue weighted by Crippen LogP contribution is -2.25. The third-order valence-corrected chi connectivity index (χ3v) is 6.06. The van der Waals surface area contributed by atoms with E-state index in [1.165, 1.54) is 12.1 Å². The average molecular weight is 490 g/mol. The summed E-state index contributed by atoms with van der Waals surface area (Å²) < 4.78 is 16.5. The number of carbonyl (C=O) groups excluding carboxylic acids is 1. The lowest BCUT2D eigenvalue weighted by molar-refractivity contribution is -0.121. The molecule has 0 aliphatic heterocycles. The van der Waals surface area contributed by atoms with Gasteiger partial charge in [-0.1, -0.05) is 48.0 Å². The van der Waals surface area contributed by atoms with Gasteiger partial charge in [0.05, 0.1) is 17.4 Å². The summed E-state index contributed by atoms with van der Waals surface area (Å²) in [6.45, 7) is 0.615. The first kappa shape index (κ1) is 22.7. The number of para-hydroxylation sites is 1. The molecule has 9 heteroatoms. The van der Waals surface area contributed by atoms with Crippen molar-refractivity contribution in [2.45, 2.75) is 25.9 Å². The van der Waals surface area contributed by atoms with Crippen molar-refractivity contribution >= 4 is 34.2 Å². The van der Waals surface area contributed by atoms with Crippen molar-refractivity contribution in [1.29, 1.82) is 0 Å². The summed E-state index contributed by atoms with van der Waals surface area (Å²) in [4.78, 5) is 25.8. The van der Waals surface area contributed by atoms with Gasteiger partial charge in [-0.3, -0.25) is 18.6 Å². The van der Waals surface area contributed by atoms with Gasteiger partial charge in [0.1, 0.15) is 11.6 Å². The van der Waals surface area contributed by atoms with E-state index in [-0.39, 0.29) is 23.7 Å². The number of nitrogens with zero attached hydrogens (tertiary/aromatic N) is 4. The van der Waals surface area contributed by atoms with E-state index in [9.17, 15) is 14.0 Å². The maximum absolute atomic E-state index is 13.3. The third kappa shape index (κ3) is 4.79. The zero-order valence-electron chi connectivity index (χ0n) is 18.6. The second-order valence-corrected chi connectivity index (χ2v) is 8.63. The van der Waals surface area contributed by atoms with Gasteiger partial charge in [-0.05, 0) is 47.5 Å². The van der Waals surface area contributed by atoms with Gasteiger partial charge in [0.2, 0.25) is 11.7 Å². The molecule has 0 saturated carbocycles. The molecular weight excluding hydrogens is 469 g/mol. The highest BCUT2D eigenvalue weighted by Gasteiger charge is 2.17. The minimum absolute atomic E-state index is 0.162. The van der Waals surface area contributed by atoms with E-state index in [1.807, 2.05) is 34.7 Å². The van der Waals surface area contributed by atoms with Gasteiger partial charge in [-0.25, -0.2) is 4.39 Å². The molecule has 2 heterocycles. The highest BCUT2D eigenvalue weighted by atomic mass is 35.5. The van der Waals surface area contributed by atoms with Crippen LogP contribution in [0.25, 0.3) is 16.7 Å². The lowest BCUT2D eigenvalue weighted by atomic mass is 10.2. The molecule has 5 rings (SSSR count). The topological polar surface area (TPSA) is 81.3 Å². The second kappa shape index (κ2) is 9.68. The molecule has 0 saturated heterocycles. The molecule has 7 nitrogen and oxygen atoms in total. The van der Waals surface area contributed by atoms with Crippen molar-refractivity contribution in [3.8, 4) is 0 Å². The molecule has 1 amide bonds. The van der Waals surface area contributed by atoms with Gasteiger partial charge in [-0.15, -0.1) is 10.2 Å². The van der Waals surface area contributed by atoms with Gasteiger partial charge >= 0.3 is 0 Å². The van der Waals surface area contributed by atoms with Crippen LogP contribution in [0.15, 0.2) is 77.6 Å². The summed E-state index contributed by atoms with van der Waals surface area (Å²) in [6, 6.07) is 20.6. The van der Waals surface area contributed by atoms with E-state index in [0.29, 0.717) is 47.0 Å². The highest BCUT2D eigenvalue weighted by Crippen LogP contribution is 2.17. The number of hydrogen-bond donors (Lipinski definition) is 1. The molecule has 0 bridgehead atoms. The fourth-order valence-corrected chi connectivity index (χ4v) is 4.13. The minimum atomic E-state index is -0.319. The van der Waals surface area contributed by atoms with Crippen LogP contribution in [0.5, 0.6) is 0 Å². The van der Waals surface area contributed by atoms with Crippen molar-refractivity contribution in [3.63, 3.8) is 0 Å². The Morgan fingerprint density at radius 1 is 0.943 bits per heavy atom. The van der Waals surface area contributed by atoms with E-state index < -0.39 is 0 Å². The number of amides is 1. The summed E-state index contributed by atoms with van der Waals surface area (Å²) in [5.41, 5.74) is 2.23. The Morgan fingerprint density at radius 2 is 1.66 bits per heavy atom. The zero-order valence-corrected chi connectivity index (χ0v) is 19.4. The van der Waals surface area contributed by atoms with Gasteiger partial charge < -0.3 is 5.32 Å². The van der Waals surface area contributed by atoms with Crippen LogP contribution in [0.2, 0.25) is 5.02 Å². The Labute approximate surface area is 204 Å². The number of aromatic nitrogens is 4. The molecule has 35 heavy (non-hydrogen) atoms. The number of rotatable bonds is 7. The van der Waals surface area contributed by atoms with Crippen LogP contribution in [0.4, 0.5) is 4.39 Å². The molecule has 0 aliphatic carbocycles. The molecule has 0 radical (unpaired) electrons. The monoisotopic (exact) mass is 489 g/mol. The zero-order chi connectivity index (χ0) is 24.4. The Morgan fingerprint density at radius 3 is 2.43 bits per heavy atom. The number of benzene rings is 3. The van der Waals surface area contributed by atoms with Crippen LogP contribution < -0.4 is 10.9 Å². The fraction of sp³-hybridized carbons (Fsp3) is 0.154. The van der Waals surface area contributed by atoms with Crippen LogP contribution in [-0.2, 0) is 24.3 Å². The Hall–Kier alpha value is -4.04. The van der Waals surface area contributed by atoms with Gasteiger partial charge in [-0.2, -0.15) is 0 Å².